The molecule has 0 saturated carbocycles. The Kier molecular flexibility index (Phi) is 11.4. The fraction of sp³-hybridized carbons (Fsp3) is 0.387. The Morgan fingerprint density at radius 1 is 0.795 bits per heavy atom. The number of phenols is 1. The molecule has 242 valence electrons. The van der Waals surface area contributed by atoms with Gasteiger partial charge in [0.15, 0.2) is 0 Å². The Hall–Kier alpha value is -3.90. The number of hydrogen-bond donors (Lipinski definition) is 2. The molecular weight excluding hydrogens is 605 g/mol. The highest BCUT2D eigenvalue weighted by Gasteiger charge is 2.38. The molecule has 0 heterocycles. The van der Waals surface area contributed by atoms with Crippen LogP contribution in [0, 0.1) is 12.8 Å². The number of rotatable bonds is 6. The molecule has 0 spiro atoms. The number of aryl methyl sites for hydroxylation is 2. The summed E-state index contributed by atoms with van der Waals surface area (Å²) in [6.45, 7) is 8.06. The summed E-state index contributed by atoms with van der Waals surface area (Å²) >= 11 is 0. The molecule has 0 bridgehead atoms. The molecule has 0 aliphatic rings. The minimum Gasteiger partial charge on any atom is -0.508 e. The van der Waals surface area contributed by atoms with Crippen LogP contribution in [0.15, 0.2) is 48.5 Å². The van der Waals surface area contributed by atoms with Gasteiger partial charge in [-0.2, -0.15) is 39.5 Å². The third-order valence-electron chi connectivity index (χ3n) is 6.56. The van der Waals surface area contributed by atoms with Crippen LogP contribution in [0.3, 0.4) is 0 Å². The van der Waals surface area contributed by atoms with Gasteiger partial charge in [0.1, 0.15) is 11.9 Å². The number of esters is 1. The van der Waals surface area contributed by atoms with Crippen LogP contribution in [0.5, 0.6) is 5.75 Å². The number of benzene rings is 3. The molecule has 0 aliphatic heterocycles. The summed E-state index contributed by atoms with van der Waals surface area (Å²) in [4.78, 5) is 11.4. The van der Waals surface area contributed by atoms with E-state index in [9.17, 15) is 49.4 Å². The lowest BCUT2D eigenvalue weighted by molar-refractivity contribution is -0.151. The highest BCUT2D eigenvalue weighted by Crippen LogP contribution is 2.40. The van der Waals surface area contributed by atoms with Crippen molar-refractivity contribution in [1.29, 1.82) is 0 Å². The van der Waals surface area contributed by atoms with Crippen molar-refractivity contribution in [3.8, 4) is 16.9 Å². The van der Waals surface area contributed by atoms with E-state index < -0.39 is 53.2 Å². The molecule has 0 radical (unpaired) electrons. The van der Waals surface area contributed by atoms with E-state index in [-0.39, 0.29) is 23.8 Å². The van der Waals surface area contributed by atoms with Gasteiger partial charge < -0.3 is 15.6 Å². The number of anilines is 1. The molecule has 3 N–H and O–H groups in total. The van der Waals surface area contributed by atoms with E-state index in [0.717, 1.165) is 12.1 Å². The molecule has 3 aromatic carbocycles. The van der Waals surface area contributed by atoms with Gasteiger partial charge in [0.2, 0.25) is 0 Å². The first kappa shape index (κ1) is 36.3. The number of phenolic OH excluding ortho intramolecular Hbond substituents is 1. The van der Waals surface area contributed by atoms with Crippen molar-refractivity contribution in [3.63, 3.8) is 0 Å². The number of halogens is 9. The monoisotopic (exact) mass is 637 g/mol. The lowest BCUT2D eigenvalue weighted by Gasteiger charge is -2.24. The van der Waals surface area contributed by atoms with E-state index in [1.165, 1.54) is 19.1 Å². The second-order valence-electron chi connectivity index (χ2n) is 10.3. The summed E-state index contributed by atoms with van der Waals surface area (Å²) in [6, 6.07) is 7.89. The van der Waals surface area contributed by atoms with E-state index >= 15 is 0 Å². The largest absolute Gasteiger partial charge is 0.508 e. The zero-order valence-corrected chi connectivity index (χ0v) is 24.4. The minimum absolute atomic E-state index is 0.0334. The Balaban J connectivity index is 0.000000308. The van der Waals surface area contributed by atoms with Crippen LogP contribution < -0.4 is 5.73 Å². The molecule has 13 heteroatoms. The predicted octanol–water partition coefficient (Wildman–Crippen LogP) is 9.91. The lowest BCUT2D eigenvalue weighted by Crippen LogP contribution is -2.18. The molecule has 44 heavy (non-hydrogen) atoms. The molecule has 0 aromatic heterocycles. The summed E-state index contributed by atoms with van der Waals surface area (Å²) in [5.74, 6) is -1.12. The fourth-order valence-corrected chi connectivity index (χ4v) is 4.23. The Labute approximate surface area is 248 Å². The van der Waals surface area contributed by atoms with Crippen molar-refractivity contribution in [1.82, 2.24) is 0 Å². The maximum absolute atomic E-state index is 12.9. The standard InChI is InChI=1S/C16H16F3NO.C15H16F6O2/c1-3-10-7-11(16(17,18)19)4-5-12(10)13-8-15(21)9(2)6-14(13)20;1-4-12(22)23-13(8(2)3)9-5-10(14(16,17)18)7-11(6-9)15(19,20)21/h4-8,21H,3,20H2,1-2H3;5-8,13H,4H2,1-3H3/t;13-/m.0/s1. The highest BCUT2D eigenvalue weighted by atomic mass is 19.4. The fourth-order valence-electron chi connectivity index (χ4n) is 4.23. The summed E-state index contributed by atoms with van der Waals surface area (Å²) in [7, 11) is 0. The Morgan fingerprint density at radius 2 is 1.32 bits per heavy atom. The summed E-state index contributed by atoms with van der Waals surface area (Å²) < 4.78 is 120. The number of ether oxygens (including phenoxy) is 1. The average Bonchev–Trinajstić information content (AvgIpc) is 2.91. The van der Waals surface area contributed by atoms with Crippen molar-refractivity contribution in [2.75, 3.05) is 5.73 Å². The molecule has 0 fully saturated rings. The number of carbonyl (C=O) groups excluding carboxylic acids is 1. The lowest BCUT2D eigenvalue weighted by atomic mass is 9.93. The van der Waals surface area contributed by atoms with Crippen LogP contribution in [0.1, 0.15) is 73.6 Å². The molecule has 0 saturated heterocycles. The third-order valence-corrected chi connectivity index (χ3v) is 6.56. The van der Waals surface area contributed by atoms with E-state index in [0.29, 0.717) is 46.5 Å². The van der Waals surface area contributed by atoms with Crippen molar-refractivity contribution < 1.29 is 54.2 Å². The van der Waals surface area contributed by atoms with Gasteiger partial charge in [-0.05, 0) is 84.0 Å². The van der Waals surface area contributed by atoms with Crippen LogP contribution in [0.2, 0.25) is 0 Å². The van der Waals surface area contributed by atoms with Gasteiger partial charge >= 0.3 is 24.5 Å². The molecule has 3 aromatic rings. The zero-order chi connectivity index (χ0) is 33.8. The molecule has 3 rings (SSSR count). The van der Waals surface area contributed by atoms with Crippen LogP contribution in [0.25, 0.3) is 11.1 Å². The first-order chi connectivity index (χ1) is 20.1. The van der Waals surface area contributed by atoms with Gasteiger partial charge in [0, 0.05) is 17.7 Å². The molecule has 0 aliphatic carbocycles. The highest BCUT2D eigenvalue weighted by molar-refractivity contribution is 5.81. The predicted molar refractivity (Wildman–Crippen MR) is 147 cm³/mol. The van der Waals surface area contributed by atoms with Gasteiger partial charge in [-0.3, -0.25) is 4.79 Å². The number of hydrogen-bond acceptors (Lipinski definition) is 4. The molecular formula is C31H32F9NO3. The van der Waals surface area contributed by atoms with Crippen molar-refractivity contribution in [2.45, 2.75) is 72.1 Å². The second kappa shape index (κ2) is 13.8. The zero-order valence-electron chi connectivity index (χ0n) is 24.4. The number of aromatic hydroxyl groups is 1. The molecule has 0 unspecified atom stereocenters. The van der Waals surface area contributed by atoms with Crippen molar-refractivity contribution in [2.24, 2.45) is 5.92 Å². The summed E-state index contributed by atoms with van der Waals surface area (Å²) in [6.07, 6.45) is -15.0. The van der Waals surface area contributed by atoms with Gasteiger partial charge in [0.25, 0.3) is 0 Å². The van der Waals surface area contributed by atoms with E-state index in [2.05, 4.69) is 0 Å². The SMILES string of the molecule is CCC(=O)O[C@H](c1cc(C(F)(F)F)cc(C(F)(F)F)c1)C(C)C.CCc1cc(C(F)(F)F)ccc1-c1cc(O)c(C)cc1N. The van der Waals surface area contributed by atoms with Crippen molar-refractivity contribution in [3.05, 3.63) is 81.9 Å². The van der Waals surface area contributed by atoms with Crippen molar-refractivity contribution >= 4 is 11.7 Å². The minimum atomic E-state index is -4.94. The quantitative estimate of drug-likeness (QED) is 0.122. The van der Waals surface area contributed by atoms with E-state index in [1.54, 1.807) is 33.8 Å². The van der Waals surface area contributed by atoms with Crippen LogP contribution in [0.4, 0.5) is 45.2 Å². The van der Waals surface area contributed by atoms with E-state index in [1.807, 2.05) is 0 Å². The Morgan fingerprint density at radius 3 is 1.75 bits per heavy atom. The second-order valence-corrected chi connectivity index (χ2v) is 10.3. The molecule has 0 amide bonds. The topological polar surface area (TPSA) is 72.5 Å². The van der Waals surface area contributed by atoms with Gasteiger partial charge in [-0.25, -0.2) is 0 Å². The van der Waals surface area contributed by atoms with Crippen LogP contribution >= 0.6 is 0 Å². The van der Waals surface area contributed by atoms with Crippen LogP contribution in [-0.2, 0) is 34.5 Å². The molecule has 4 nitrogen and oxygen atoms in total. The van der Waals surface area contributed by atoms with Crippen LogP contribution in [-0.4, -0.2) is 11.1 Å². The smallest absolute Gasteiger partial charge is 0.416 e. The number of nitrogen functional groups attached to an aromatic ring is 1. The average molecular weight is 638 g/mol. The molecule has 1 atom stereocenters. The van der Waals surface area contributed by atoms with Gasteiger partial charge in [-0.15, -0.1) is 0 Å². The first-order valence-electron chi connectivity index (χ1n) is 13.4. The normalized spacial score (nSPS) is 12.9. The number of alkyl halides is 9. The van der Waals surface area contributed by atoms with E-state index in [4.69, 9.17) is 10.5 Å². The number of nitrogens with two attached hydrogens (primary N) is 1. The first-order valence-corrected chi connectivity index (χ1v) is 13.4. The third kappa shape index (κ3) is 9.30. The maximum Gasteiger partial charge on any atom is 0.416 e. The van der Waals surface area contributed by atoms with Gasteiger partial charge in [-0.1, -0.05) is 33.8 Å². The maximum atomic E-state index is 12.9. The summed E-state index contributed by atoms with van der Waals surface area (Å²) in [5.41, 5.74) is 4.82. The Bertz CT molecular complexity index is 1430. The number of carbonyl (C=O) groups is 1. The van der Waals surface area contributed by atoms with Gasteiger partial charge in [0.05, 0.1) is 16.7 Å². The summed E-state index contributed by atoms with van der Waals surface area (Å²) in [5, 5.41) is 9.80.